The summed E-state index contributed by atoms with van der Waals surface area (Å²) in [7, 11) is 1.76. The molecule has 0 radical (unpaired) electrons. The molecular weight excluding hydrogens is 544 g/mol. The SMILES string of the molecule is CN(CCc1ccccn1)C(=O)c1ccc2c(c1)nc(-c1cnc(-c3ccccc3)[nH]1)n2[C@H](CCCN=C(N)N)C(N)=O. The smallest absolute Gasteiger partial charge is 0.253 e. The van der Waals surface area contributed by atoms with Crippen LogP contribution >= 0.6 is 0 Å². The lowest BCUT2D eigenvalue weighted by Crippen LogP contribution is -2.29. The van der Waals surface area contributed by atoms with E-state index in [2.05, 4.69) is 19.9 Å². The van der Waals surface area contributed by atoms with Gasteiger partial charge in [0, 0.05) is 49.6 Å². The van der Waals surface area contributed by atoms with Crippen LogP contribution in [-0.4, -0.2) is 67.3 Å². The van der Waals surface area contributed by atoms with E-state index in [4.69, 9.17) is 22.2 Å². The Morgan fingerprint density at radius 3 is 2.53 bits per heavy atom. The molecule has 3 heterocycles. The number of primary amides is 1. The number of nitrogens with one attached hydrogen (secondary N) is 1. The number of likely N-dealkylation sites (N-methyl/N-ethyl adjacent to an activating group) is 1. The molecular formula is C31H34N10O2. The second-order valence-corrected chi connectivity index (χ2v) is 10.2. The number of benzene rings is 2. The Kier molecular flexibility index (Phi) is 8.75. The van der Waals surface area contributed by atoms with Gasteiger partial charge in [-0.3, -0.25) is 19.6 Å². The number of aromatic amines is 1. The molecule has 0 spiro atoms. The van der Waals surface area contributed by atoms with E-state index >= 15 is 0 Å². The van der Waals surface area contributed by atoms with Gasteiger partial charge in [0.25, 0.3) is 5.91 Å². The molecule has 7 N–H and O–H groups in total. The minimum atomic E-state index is -0.750. The first-order chi connectivity index (χ1) is 20.8. The monoisotopic (exact) mass is 578 g/mol. The van der Waals surface area contributed by atoms with Crippen LogP contribution in [0, 0.1) is 0 Å². The van der Waals surface area contributed by atoms with Gasteiger partial charge in [-0.05, 0) is 43.2 Å². The number of fused-ring (bicyclic) bond motifs is 1. The van der Waals surface area contributed by atoms with Crippen molar-refractivity contribution >= 4 is 28.8 Å². The predicted octanol–water partition coefficient (Wildman–Crippen LogP) is 2.88. The van der Waals surface area contributed by atoms with Crippen LogP contribution in [-0.2, 0) is 11.2 Å². The van der Waals surface area contributed by atoms with Crippen molar-refractivity contribution in [2.75, 3.05) is 20.1 Å². The van der Waals surface area contributed by atoms with Gasteiger partial charge < -0.3 is 31.7 Å². The molecule has 0 aliphatic carbocycles. The van der Waals surface area contributed by atoms with Crippen molar-refractivity contribution in [3.8, 4) is 22.9 Å². The number of carbonyl (C=O) groups is 2. The average Bonchev–Trinajstić information content (AvgIpc) is 3.65. The molecule has 5 rings (SSSR count). The highest BCUT2D eigenvalue weighted by Gasteiger charge is 2.26. The number of hydrogen-bond acceptors (Lipinski definition) is 6. The van der Waals surface area contributed by atoms with Gasteiger partial charge in [-0.2, -0.15) is 0 Å². The molecule has 0 saturated heterocycles. The molecule has 0 bridgehead atoms. The van der Waals surface area contributed by atoms with Crippen molar-refractivity contribution in [1.82, 2.24) is 29.4 Å². The summed E-state index contributed by atoms with van der Waals surface area (Å²) in [4.78, 5) is 49.0. The number of nitrogens with zero attached hydrogens (tertiary/aromatic N) is 6. The summed E-state index contributed by atoms with van der Waals surface area (Å²) in [6, 6.07) is 19.9. The molecule has 0 aliphatic rings. The van der Waals surface area contributed by atoms with Crippen LogP contribution in [0.15, 0.2) is 84.1 Å². The van der Waals surface area contributed by atoms with Gasteiger partial charge in [0.05, 0.1) is 17.2 Å². The average molecular weight is 579 g/mol. The first-order valence-electron chi connectivity index (χ1n) is 13.9. The van der Waals surface area contributed by atoms with Crippen molar-refractivity contribution in [3.63, 3.8) is 0 Å². The highest BCUT2D eigenvalue weighted by molar-refractivity contribution is 5.98. The maximum atomic E-state index is 13.4. The third-order valence-corrected chi connectivity index (χ3v) is 7.15. The van der Waals surface area contributed by atoms with Crippen LogP contribution < -0.4 is 17.2 Å². The Hall–Kier alpha value is -5.52. The number of nitrogens with two attached hydrogens (primary N) is 3. The fourth-order valence-electron chi connectivity index (χ4n) is 4.96. The number of carbonyl (C=O) groups excluding carboxylic acids is 2. The van der Waals surface area contributed by atoms with E-state index in [9.17, 15) is 9.59 Å². The van der Waals surface area contributed by atoms with Gasteiger partial charge in [0.15, 0.2) is 11.8 Å². The second kappa shape index (κ2) is 13.0. The predicted molar refractivity (Wildman–Crippen MR) is 166 cm³/mol. The lowest BCUT2D eigenvalue weighted by atomic mass is 10.1. The highest BCUT2D eigenvalue weighted by Crippen LogP contribution is 2.31. The zero-order valence-corrected chi connectivity index (χ0v) is 23.9. The lowest BCUT2D eigenvalue weighted by molar-refractivity contribution is -0.121. The molecule has 0 fully saturated rings. The molecule has 2 amide bonds. The number of amides is 2. The zero-order valence-electron chi connectivity index (χ0n) is 23.9. The third kappa shape index (κ3) is 6.70. The van der Waals surface area contributed by atoms with E-state index in [1.165, 1.54) is 0 Å². The standard InChI is InChI=1S/C31H34N10O2/c1-40(17-14-22-10-5-6-15-35-22)30(43)21-12-13-25-23(18-21)39-29(24-19-37-28(38-24)20-8-3-2-4-9-20)41(25)26(27(32)42)11-7-16-36-31(33)34/h2-6,8-10,12-13,15,18-19,26H,7,11,14,16-17H2,1H3,(H2,32,42)(H,37,38)(H4,33,34,36)/t26-/m1/s1. The van der Waals surface area contributed by atoms with E-state index in [1.54, 1.807) is 47.1 Å². The van der Waals surface area contributed by atoms with Crippen molar-refractivity contribution < 1.29 is 9.59 Å². The number of pyridine rings is 1. The quantitative estimate of drug-likeness (QED) is 0.0995. The van der Waals surface area contributed by atoms with Crippen LogP contribution in [0.1, 0.15) is 34.9 Å². The number of imidazole rings is 2. The van der Waals surface area contributed by atoms with Crippen LogP contribution in [0.4, 0.5) is 0 Å². The van der Waals surface area contributed by atoms with E-state index in [1.807, 2.05) is 48.5 Å². The molecule has 1 atom stereocenters. The topological polar surface area (TPSA) is 187 Å². The number of guanidine groups is 1. The molecule has 12 nitrogen and oxygen atoms in total. The Bertz CT molecular complexity index is 1740. The van der Waals surface area contributed by atoms with Crippen molar-refractivity contribution in [2.24, 2.45) is 22.2 Å². The first kappa shape index (κ1) is 29.0. The summed E-state index contributed by atoms with van der Waals surface area (Å²) < 4.78 is 1.80. The van der Waals surface area contributed by atoms with Crippen LogP contribution in [0.2, 0.25) is 0 Å². The molecule has 0 saturated carbocycles. The normalized spacial score (nSPS) is 11.7. The van der Waals surface area contributed by atoms with Gasteiger partial charge in [0.2, 0.25) is 5.91 Å². The van der Waals surface area contributed by atoms with E-state index in [-0.39, 0.29) is 11.9 Å². The van der Waals surface area contributed by atoms with Crippen molar-refractivity contribution in [2.45, 2.75) is 25.3 Å². The molecule has 12 heteroatoms. The Morgan fingerprint density at radius 1 is 1.02 bits per heavy atom. The van der Waals surface area contributed by atoms with Gasteiger partial charge in [-0.25, -0.2) is 9.97 Å². The molecule has 5 aromatic rings. The van der Waals surface area contributed by atoms with Gasteiger partial charge in [0.1, 0.15) is 17.6 Å². The molecule has 3 aromatic heterocycles. The van der Waals surface area contributed by atoms with Crippen LogP contribution in [0.5, 0.6) is 0 Å². The Labute approximate surface area is 248 Å². The summed E-state index contributed by atoms with van der Waals surface area (Å²) in [5, 5.41) is 0. The maximum Gasteiger partial charge on any atom is 0.253 e. The van der Waals surface area contributed by atoms with Crippen molar-refractivity contribution in [3.05, 3.63) is 90.4 Å². The van der Waals surface area contributed by atoms with E-state index in [0.29, 0.717) is 66.3 Å². The third-order valence-electron chi connectivity index (χ3n) is 7.15. The number of rotatable bonds is 12. The number of hydrogen-bond donors (Lipinski definition) is 4. The van der Waals surface area contributed by atoms with Gasteiger partial charge in [-0.1, -0.05) is 36.4 Å². The Balaban J connectivity index is 1.51. The summed E-state index contributed by atoms with van der Waals surface area (Å²) in [5.74, 6) is 0.442. The number of aliphatic imine (C=N–C) groups is 1. The summed E-state index contributed by atoms with van der Waals surface area (Å²) in [5.41, 5.74) is 21.0. The van der Waals surface area contributed by atoms with E-state index in [0.717, 1.165) is 11.3 Å². The molecule has 220 valence electrons. The van der Waals surface area contributed by atoms with E-state index < -0.39 is 11.9 Å². The highest BCUT2D eigenvalue weighted by atomic mass is 16.2. The summed E-state index contributed by atoms with van der Waals surface area (Å²) in [6.45, 7) is 0.850. The lowest BCUT2D eigenvalue weighted by Gasteiger charge is -2.19. The number of aromatic nitrogens is 5. The fourth-order valence-corrected chi connectivity index (χ4v) is 4.96. The van der Waals surface area contributed by atoms with Crippen molar-refractivity contribution in [1.29, 1.82) is 0 Å². The minimum Gasteiger partial charge on any atom is -0.370 e. The zero-order chi connectivity index (χ0) is 30.3. The fraction of sp³-hybridized carbons (Fsp3) is 0.226. The molecule has 43 heavy (non-hydrogen) atoms. The molecule has 2 aromatic carbocycles. The number of H-pyrrole nitrogens is 1. The van der Waals surface area contributed by atoms with Crippen LogP contribution in [0.3, 0.4) is 0 Å². The summed E-state index contributed by atoms with van der Waals surface area (Å²) in [6.07, 6.45) is 4.94. The summed E-state index contributed by atoms with van der Waals surface area (Å²) >= 11 is 0. The van der Waals surface area contributed by atoms with Gasteiger partial charge in [-0.15, -0.1) is 0 Å². The molecule has 0 aliphatic heterocycles. The van der Waals surface area contributed by atoms with Crippen LogP contribution in [0.25, 0.3) is 33.9 Å². The molecule has 0 unspecified atom stereocenters. The largest absolute Gasteiger partial charge is 0.370 e. The first-order valence-corrected chi connectivity index (χ1v) is 13.9. The second-order valence-electron chi connectivity index (χ2n) is 10.2. The minimum absolute atomic E-state index is 0.0162. The van der Waals surface area contributed by atoms with Gasteiger partial charge >= 0.3 is 0 Å². The Morgan fingerprint density at radius 2 is 1.81 bits per heavy atom. The maximum absolute atomic E-state index is 13.4.